The highest BCUT2D eigenvalue weighted by Gasteiger charge is 2.38. The molecule has 0 radical (unpaired) electrons. The number of methoxy groups -OCH3 is 1. The van der Waals surface area contributed by atoms with Gasteiger partial charge in [0.05, 0.1) is 17.7 Å². The molecule has 3 aromatic rings. The molecule has 1 saturated carbocycles. The van der Waals surface area contributed by atoms with E-state index in [9.17, 15) is 19.1 Å². The van der Waals surface area contributed by atoms with Gasteiger partial charge in [0, 0.05) is 28.8 Å². The number of nitrogens with zero attached hydrogens (tertiary/aromatic N) is 3. The largest absolute Gasteiger partial charge is 0.476 e. The maximum atomic E-state index is 14.5. The van der Waals surface area contributed by atoms with Crippen LogP contribution >= 0.6 is 22.9 Å². The molecule has 198 valence electrons. The Labute approximate surface area is 226 Å². The van der Waals surface area contributed by atoms with E-state index < -0.39 is 23.8 Å². The number of thiazole rings is 1. The van der Waals surface area contributed by atoms with Crippen LogP contribution in [0.3, 0.4) is 0 Å². The van der Waals surface area contributed by atoms with Crippen molar-refractivity contribution in [2.45, 2.75) is 44.1 Å². The van der Waals surface area contributed by atoms with E-state index in [1.165, 1.54) is 30.6 Å². The summed E-state index contributed by atoms with van der Waals surface area (Å²) in [5.41, 5.74) is 1.15. The summed E-state index contributed by atoms with van der Waals surface area (Å²) in [4.78, 5) is 37.7. The van der Waals surface area contributed by atoms with Gasteiger partial charge in [-0.1, -0.05) is 30.2 Å². The number of esters is 1. The third-order valence-corrected chi connectivity index (χ3v) is 8.04. The first kappa shape index (κ1) is 26.1. The minimum Gasteiger partial charge on any atom is -0.476 e. The van der Waals surface area contributed by atoms with Crippen molar-refractivity contribution in [3.05, 3.63) is 80.3 Å². The molecule has 9 nitrogen and oxygen atoms in total. The molecule has 1 aromatic carbocycles. The smallest absolute Gasteiger partial charge is 0.357 e. The molecular weight excluding hydrogens is 535 g/mol. The summed E-state index contributed by atoms with van der Waals surface area (Å²) >= 11 is 7.76. The second-order valence-corrected chi connectivity index (χ2v) is 10.4. The first-order valence-electron chi connectivity index (χ1n) is 12.1. The molecule has 1 fully saturated rings. The molecule has 0 spiro atoms. The van der Waals surface area contributed by atoms with Crippen LogP contribution in [0, 0.1) is 11.7 Å². The Morgan fingerprint density at radius 1 is 1.24 bits per heavy atom. The van der Waals surface area contributed by atoms with Gasteiger partial charge < -0.3 is 19.6 Å². The van der Waals surface area contributed by atoms with Gasteiger partial charge in [0.2, 0.25) is 0 Å². The Balaban J connectivity index is 1.54. The van der Waals surface area contributed by atoms with Crippen molar-refractivity contribution >= 4 is 40.7 Å². The summed E-state index contributed by atoms with van der Waals surface area (Å²) in [5, 5.41) is 14.9. The van der Waals surface area contributed by atoms with E-state index >= 15 is 0 Å². The number of rotatable bonds is 6. The number of carbonyl (C=O) groups is 2. The van der Waals surface area contributed by atoms with Crippen LogP contribution in [0.5, 0.6) is 0 Å². The fourth-order valence-corrected chi connectivity index (χ4v) is 5.86. The average molecular weight is 559 g/mol. The summed E-state index contributed by atoms with van der Waals surface area (Å²) in [6.07, 6.45) is 6.42. The first-order chi connectivity index (χ1) is 18.4. The van der Waals surface area contributed by atoms with Gasteiger partial charge >= 0.3 is 11.9 Å². The van der Waals surface area contributed by atoms with Crippen molar-refractivity contribution < 1.29 is 28.2 Å². The number of nitrogens with one attached hydrogen (secondary N) is 1. The molecule has 0 bridgehead atoms. The average Bonchev–Trinajstić information content (AvgIpc) is 3.58. The van der Waals surface area contributed by atoms with Crippen molar-refractivity contribution in [3.8, 4) is 0 Å². The van der Waals surface area contributed by atoms with Gasteiger partial charge in [-0.15, -0.1) is 11.3 Å². The number of ether oxygens (including phenoxy) is 1. The van der Waals surface area contributed by atoms with Gasteiger partial charge in [0.15, 0.2) is 22.4 Å². The minimum absolute atomic E-state index is 0.0561. The Hall–Kier alpha value is -3.57. The van der Waals surface area contributed by atoms with Gasteiger partial charge in [0.25, 0.3) is 0 Å². The summed E-state index contributed by atoms with van der Waals surface area (Å²) in [6, 6.07) is 3.54. The molecule has 1 aliphatic heterocycles. The third kappa shape index (κ3) is 5.08. The van der Waals surface area contributed by atoms with Crippen LogP contribution in [0.25, 0.3) is 0 Å². The van der Waals surface area contributed by atoms with Gasteiger partial charge in [-0.3, -0.25) is 4.99 Å². The van der Waals surface area contributed by atoms with Crippen LogP contribution in [-0.2, 0) is 9.53 Å². The fraction of sp³-hybridized carbons (Fsp3) is 0.346. The number of carbonyl (C=O) groups excluding carboxylic acids is 1. The highest BCUT2D eigenvalue weighted by molar-refractivity contribution is 7.11. The number of amidine groups is 1. The van der Waals surface area contributed by atoms with E-state index in [1.54, 1.807) is 12.3 Å². The van der Waals surface area contributed by atoms with Crippen molar-refractivity contribution in [1.82, 2.24) is 15.3 Å². The Kier molecular flexibility index (Phi) is 7.57. The Morgan fingerprint density at radius 2 is 2.03 bits per heavy atom. The molecule has 0 amide bonds. The van der Waals surface area contributed by atoms with E-state index in [4.69, 9.17) is 25.7 Å². The minimum atomic E-state index is -1.14. The van der Waals surface area contributed by atoms with E-state index in [2.05, 4.69) is 15.3 Å². The van der Waals surface area contributed by atoms with Crippen LogP contribution < -0.4 is 5.32 Å². The van der Waals surface area contributed by atoms with Crippen LogP contribution in [0.1, 0.15) is 71.0 Å². The number of carboxylic acids is 1. The zero-order chi connectivity index (χ0) is 26.8. The lowest BCUT2D eigenvalue weighted by Crippen LogP contribution is -2.36. The van der Waals surface area contributed by atoms with Crippen molar-refractivity contribution in [3.63, 3.8) is 0 Å². The Morgan fingerprint density at radius 3 is 2.74 bits per heavy atom. The van der Waals surface area contributed by atoms with Gasteiger partial charge in [0.1, 0.15) is 18.1 Å². The van der Waals surface area contributed by atoms with Gasteiger partial charge in [-0.25, -0.2) is 23.9 Å². The standard InChI is InChI=1S/C26H24ClFN4O5S/c1-36-26(35)18-20(13-4-2-5-14(9-8-13)23-30-17(12-37-23)25(33)34)31-22(24-29-10-11-38-24)32-21(18)15-6-3-7-16(28)19(15)27/h3,6-7,10-14,21H,2,4-5,8-9H2,1H3,(H,31,32)(H,33,34)/t13-,14-,21?/m1/s1. The van der Waals surface area contributed by atoms with E-state index in [0.717, 1.165) is 25.5 Å². The molecular formula is C26H24ClFN4O5S. The maximum absolute atomic E-state index is 14.5. The fourth-order valence-electron chi connectivity index (χ4n) is 5.04. The number of carboxylic acid groups (broad SMARTS) is 1. The van der Waals surface area contributed by atoms with E-state index in [1.807, 2.05) is 5.38 Å². The van der Waals surface area contributed by atoms with Gasteiger partial charge in [-0.2, -0.15) is 0 Å². The van der Waals surface area contributed by atoms with Crippen LogP contribution in [0.15, 0.2) is 56.7 Å². The molecule has 3 heterocycles. The highest BCUT2D eigenvalue weighted by atomic mass is 35.5. The predicted molar refractivity (Wildman–Crippen MR) is 138 cm³/mol. The lowest BCUT2D eigenvalue weighted by Gasteiger charge is -2.31. The number of hydrogen-bond donors (Lipinski definition) is 2. The van der Waals surface area contributed by atoms with Crippen LogP contribution in [0.2, 0.25) is 5.02 Å². The number of halogens is 2. The number of allylic oxidation sites excluding steroid dienone is 1. The number of hydrogen-bond acceptors (Lipinski definition) is 9. The topological polar surface area (TPSA) is 127 Å². The van der Waals surface area contributed by atoms with Crippen LogP contribution in [-0.4, -0.2) is 40.0 Å². The highest BCUT2D eigenvalue weighted by Crippen LogP contribution is 2.42. The molecule has 38 heavy (non-hydrogen) atoms. The molecule has 3 atom stereocenters. The third-order valence-electron chi connectivity index (χ3n) is 6.86. The van der Waals surface area contributed by atoms with Crippen LogP contribution in [0.4, 0.5) is 4.39 Å². The number of aliphatic imine (C=N–C) groups is 1. The molecule has 2 aliphatic rings. The molecule has 1 unspecified atom stereocenters. The van der Waals surface area contributed by atoms with Crippen molar-refractivity contribution in [1.29, 1.82) is 0 Å². The first-order valence-corrected chi connectivity index (χ1v) is 13.3. The quantitative estimate of drug-likeness (QED) is 0.300. The second kappa shape index (κ2) is 11.0. The zero-order valence-corrected chi connectivity index (χ0v) is 21.9. The van der Waals surface area contributed by atoms with Gasteiger partial charge in [-0.05, 0) is 37.7 Å². The van der Waals surface area contributed by atoms with Crippen molar-refractivity contribution in [2.75, 3.05) is 7.11 Å². The summed E-state index contributed by atoms with van der Waals surface area (Å²) in [7, 11) is 1.29. The molecule has 1 aliphatic carbocycles. The lowest BCUT2D eigenvalue weighted by atomic mass is 9.86. The molecule has 0 saturated heterocycles. The number of oxazole rings is 1. The second-order valence-electron chi connectivity index (χ2n) is 9.08. The summed E-state index contributed by atoms with van der Waals surface area (Å²) < 4.78 is 25.1. The number of aromatic nitrogens is 2. The summed E-state index contributed by atoms with van der Waals surface area (Å²) in [6.45, 7) is 0. The number of aromatic carboxylic acids is 1. The van der Waals surface area contributed by atoms with E-state index in [0.29, 0.717) is 40.8 Å². The Bertz CT molecular complexity index is 1420. The SMILES string of the molecule is COC(=O)C1=C([C@@H]2CCC[C@@H](c3nc(C(=O)O)co3)CC2)NC(c2nccs2)=NC1c1cccc(F)c1Cl. The summed E-state index contributed by atoms with van der Waals surface area (Å²) in [5.74, 6) is -1.61. The predicted octanol–water partition coefficient (Wildman–Crippen LogP) is 5.50. The monoisotopic (exact) mass is 558 g/mol. The molecule has 2 aromatic heterocycles. The number of benzene rings is 1. The lowest BCUT2D eigenvalue weighted by molar-refractivity contribution is -0.136. The van der Waals surface area contributed by atoms with Crippen molar-refractivity contribution in [2.24, 2.45) is 10.9 Å². The molecule has 5 rings (SSSR count). The zero-order valence-electron chi connectivity index (χ0n) is 20.3. The normalized spacial score (nSPS) is 21.9. The molecule has 2 N–H and O–H groups in total. The van der Waals surface area contributed by atoms with E-state index in [-0.39, 0.29) is 28.1 Å². The maximum Gasteiger partial charge on any atom is 0.357 e. The molecule has 12 heteroatoms.